The van der Waals surface area contributed by atoms with E-state index in [0.29, 0.717) is 10.9 Å². The van der Waals surface area contributed by atoms with Crippen LogP contribution in [-0.4, -0.2) is 22.2 Å². The summed E-state index contributed by atoms with van der Waals surface area (Å²) in [4.78, 5) is 9.94. The largest absolute Gasteiger partial charge is 0.496 e. The number of hydrogen-bond donors (Lipinski definition) is 1. The van der Waals surface area contributed by atoms with Crippen LogP contribution >= 0.6 is 11.8 Å². The average molecular weight is 304 g/mol. The third kappa shape index (κ3) is 3.36. The molecule has 1 aromatic heterocycles. The molecule has 1 atom stereocenters. The molecule has 0 fully saturated rings. The highest BCUT2D eigenvalue weighted by molar-refractivity contribution is 7.99. The van der Waals surface area contributed by atoms with Crippen molar-refractivity contribution >= 4 is 11.8 Å². The Balaban J connectivity index is 2.44. The molecule has 2 aromatic rings. The summed E-state index contributed by atoms with van der Waals surface area (Å²) in [5.74, 6) is 0.676. The Morgan fingerprint density at radius 3 is 2.29 bits per heavy atom. The number of nitrogens with zero attached hydrogens (tertiary/aromatic N) is 2. The number of methoxy groups -OCH3 is 1. The number of aromatic nitrogens is 2. The molecule has 0 aliphatic heterocycles. The fourth-order valence-electron chi connectivity index (χ4n) is 2.09. The molecule has 1 heterocycles. The lowest BCUT2D eigenvalue weighted by Crippen LogP contribution is -2.01. The summed E-state index contributed by atoms with van der Waals surface area (Å²) in [5, 5.41) is 10.7. The van der Waals surface area contributed by atoms with Gasteiger partial charge in [-0.3, -0.25) is 0 Å². The summed E-state index contributed by atoms with van der Waals surface area (Å²) in [7, 11) is 1.60. The van der Waals surface area contributed by atoms with Gasteiger partial charge >= 0.3 is 0 Å². The zero-order valence-corrected chi connectivity index (χ0v) is 13.8. The third-order valence-corrected chi connectivity index (χ3v) is 4.42. The average Bonchev–Trinajstić information content (AvgIpc) is 2.44. The second-order valence-electron chi connectivity index (χ2n) is 4.95. The van der Waals surface area contributed by atoms with Crippen molar-refractivity contribution in [2.45, 2.75) is 43.9 Å². The first-order valence-electron chi connectivity index (χ1n) is 6.78. The molecular formula is C16H20N2O2S. The molecule has 1 N–H and O–H groups in total. The number of ether oxygens (including phenoxy) is 1. The van der Waals surface area contributed by atoms with E-state index in [1.807, 2.05) is 39.0 Å². The molecule has 112 valence electrons. The van der Waals surface area contributed by atoms with E-state index in [2.05, 4.69) is 9.97 Å². The van der Waals surface area contributed by atoms with Crippen molar-refractivity contribution in [1.82, 2.24) is 9.97 Å². The number of aliphatic hydroxyl groups is 1. The molecule has 0 radical (unpaired) electrons. The van der Waals surface area contributed by atoms with Crippen LogP contribution in [0.25, 0.3) is 0 Å². The zero-order valence-electron chi connectivity index (χ0n) is 13.0. The van der Waals surface area contributed by atoms with Gasteiger partial charge in [-0.1, -0.05) is 6.07 Å². The minimum Gasteiger partial charge on any atom is -0.496 e. The van der Waals surface area contributed by atoms with E-state index >= 15 is 0 Å². The Morgan fingerprint density at radius 2 is 1.76 bits per heavy atom. The van der Waals surface area contributed by atoms with Crippen molar-refractivity contribution in [3.05, 3.63) is 40.7 Å². The Hall–Kier alpha value is -1.59. The first-order valence-corrected chi connectivity index (χ1v) is 7.60. The standard InChI is InChI=1S/C16H20N2O2S/c1-9-10(2)17-16(18-11(9)3)21-14-8-6-7-13(20-5)15(14)12(4)19/h6-8,12,19H,1-5H3. The molecule has 1 aromatic carbocycles. The molecular weight excluding hydrogens is 284 g/mol. The van der Waals surface area contributed by atoms with Crippen LogP contribution in [0.5, 0.6) is 5.75 Å². The lowest BCUT2D eigenvalue weighted by molar-refractivity contribution is 0.191. The van der Waals surface area contributed by atoms with E-state index in [1.165, 1.54) is 11.8 Å². The monoisotopic (exact) mass is 304 g/mol. The highest BCUT2D eigenvalue weighted by Gasteiger charge is 2.16. The van der Waals surface area contributed by atoms with Gasteiger partial charge < -0.3 is 9.84 Å². The van der Waals surface area contributed by atoms with Gasteiger partial charge in [0.15, 0.2) is 5.16 Å². The van der Waals surface area contributed by atoms with Gasteiger partial charge in [-0.15, -0.1) is 0 Å². The fourth-order valence-corrected chi connectivity index (χ4v) is 3.18. The van der Waals surface area contributed by atoms with Crippen LogP contribution < -0.4 is 4.74 Å². The molecule has 0 aliphatic carbocycles. The topological polar surface area (TPSA) is 55.2 Å². The molecule has 2 rings (SSSR count). The molecule has 1 unspecified atom stereocenters. The molecule has 21 heavy (non-hydrogen) atoms. The first-order chi connectivity index (χ1) is 9.93. The Kier molecular flexibility index (Phi) is 4.85. The van der Waals surface area contributed by atoms with E-state index < -0.39 is 6.10 Å². The van der Waals surface area contributed by atoms with E-state index in [1.54, 1.807) is 14.0 Å². The lowest BCUT2D eigenvalue weighted by Gasteiger charge is -2.15. The second-order valence-corrected chi connectivity index (χ2v) is 5.96. The summed E-state index contributed by atoms with van der Waals surface area (Å²) in [6.45, 7) is 7.71. The van der Waals surface area contributed by atoms with Crippen LogP contribution in [0.4, 0.5) is 0 Å². The van der Waals surface area contributed by atoms with Crippen LogP contribution in [0.2, 0.25) is 0 Å². The fraction of sp³-hybridized carbons (Fsp3) is 0.375. The van der Waals surface area contributed by atoms with Gasteiger partial charge in [-0.05, 0) is 57.2 Å². The molecule has 4 nitrogen and oxygen atoms in total. The molecule has 0 aliphatic rings. The first kappa shape index (κ1) is 15.8. The second kappa shape index (κ2) is 6.45. The summed E-state index contributed by atoms with van der Waals surface area (Å²) in [6, 6.07) is 5.70. The lowest BCUT2D eigenvalue weighted by atomic mass is 10.1. The molecule has 0 amide bonds. The van der Waals surface area contributed by atoms with Gasteiger partial charge in [0, 0.05) is 21.8 Å². The minimum atomic E-state index is -0.615. The van der Waals surface area contributed by atoms with Crippen LogP contribution in [0.15, 0.2) is 28.3 Å². The van der Waals surface area contributed by atoms with Gasteiger partial charge in [-0.25, -0.2) is 9.97 Å². The number of aliphatic hydroxyl groups excluding tert-OH is 1. The number of hydrogen-bond acceptors (Lipinski definition) is 5. The zero-order chi connectivity index (χ0) is 15.6. The van der Waals surface area contributed by atoms with Crippen LogP contribution in [0.1, 0.15) is 35.5 Å². The smallest absolute Gasteiger partial charge is 0.192 e. The Labute approximate surface area is 129 Å². The van der Waals surface area contributed by atoms with Crippen LogP contribution in [-0.2, 0) is 0 Å². The van der Waals surface area contributed by atoms with Crippen LogP contribution in [0.3, 0.4) is 0 Å². The van der Waals surface area contributed by atoms with Gasteiger partial charge in [0.25, 0.3) is 0 Å². The van der Waals surface area contributed by atoms with Crippen LogP contribution in [0, 0.1) is 20.8 Å². The number of benzene rings is 1. The predicted molar refractivity (Wildman–Crippen MR) is 84.0 cm³/mol. The molecule has 0 saturated heterocycles. The Morgan fingerprint density at radius 1 is 1.14 bits per heavy atom. The normalized spacial score (nSPS) is 12.3. The number of aryl methyl sites for hydroxylation is 2. The molecule has 0 bridgehead atoms. The minimum absolute atomic E-state index is 0.615. The van der Waals surface area contributed by atoms with Gasteiger partial charge in [-0.2, -0.15) is 0 Å². The van der Waals surface area contributed by atoms with E-state index in [-0.39, 0.29) is 0 Å². The SMILES string of the molecule is COc1cccc(Sc2nc(C)c(C)c(C)n2)c1C(C)O. The summed E-state index contributed by atoms with van der Waals surface area (Å²) in [6.07, 6.45) is -0.615. The summed E-state index contributed by atoms with van der Waals surface area (Å²) >= 11 is 1.45. The van der Waals surface area contributed by atoms with E-state index in [4.69, 9.17) is 4.74 Å². The molecule has 5 heteroatoms. The maximum atomic E-state index is 10.0. The van der Waals surface area contributed by atoms with Gasteiger partial charge in [0.1, 0.15) is 5.75 Å². The van der Waals surface area contributed by atoms with Gasteiger partial charge in [0.05, 0.1) is 13.2 Å². The van der Waals surface area contributed by atoms with Crippen molar-refractivity contribution < 1.29 is 9.84 Å². The van der Waals surface area contributed by atoms with E-state index in [9.17, 15) is 5.11 Å². The van der Waals surface area contributed by atoms with Crippen molar-refractivity contribution in [1.29, 1.82) is 0 Å². The number of rotatable bonds is 4. The van der Waals surface area contributed by atoms with E-state index in [0.717, 1.165) is 27.4 Å². The highest BCUT2D eigenvalue weighted by Crippen LogP contribution is 2.37. The Bertz CT molecular complexity index is 634. The highest BCUT2D eigenvalue weighted by atomic mass is 32.2. The summed E-state index contributed by atoms with van der Waals surface area (Å²) < 4.78 is 5.34. The quantitative estimate of drug-likeness (QED) is 0.874. The maximum Gasteiger partial charge on any atom is 0.192 e. The third-order valence-electron chi connectivity index (χ3n) is 3.48. The van der Waals surface area contributed by atoms with Crippen molar-refractivity contribution in [3.8, 4) is 5.75 Å². The van der Waals surface area contributed by atoms with Crippen molar-refractivity contribution in [2.75, 3.05) is 7.11 Å². The van der Waals surface area contributed by atoms with Gasteiger partial charge in [0.2, 0.25) is 0 Å². The molecule has 0 spiro atoms. The van der Waals surface area contributed by atoms with Crippen molar-refractivity contribution in [2.24, 2.45) is 0 Å². The molecule has 0 saturated carbocycles. The van der Waals surface area contributed by atoms with Crippen molar-refractivity contribution in [3.63, 3.8) is 0 Å². The summed E-state index contributed by atoms with van der Waals surface area (Å²) in [5.41, 5.74) is 3.84. The predicted octanol–water partition coefficient (Wildman–Crippen LogP) is 3.61. The maximum absolute atomic E-state index is 10.0.